The molecule has 0 amide bonds. The van der Waals surface area contributed by atoms with Crippen LogP contribution >= 0.6 is 0 Å². The first-order valence-electron chi connectivity index (χ1n) is 10.6. The van der Waals surface area contributed by atoms with E-state index in [2.05, 4.69) is 0 Å². The van der Waals surface area contributed by atoms with Gasteiger partial charge in [-0.1, -0.05) is 48.5 Å². The fourth-order valence-corrected chi connectivity index (χ4v) is 2.95. The summed E-state index contributed by atoms with van der Waals surface area (Å²) in [4.78, 5) is 44.4. The molecular weight excluding hydrogens is 468 g/mol. The number of ether oxygens (including phenoxy) is 2. The van der Waals surface area contributed by atoms with E-state index in [0.29, 0.717) is 22.3 Å². The molecule has 0 radical (unpaired) electrons. The maximum absolute atomic E-state index is 11.9. The summed E-state index contributed by atoms with van der Waals surface area (Å²) in [6.07, 6.45) is 5.24. The van der Waals surface area contributed by atoms with Crippen LogP contribution in [-0.4, -0.2) is 21.8 Å². The van der Waals surface area contributed by atoms with E-state index in [4.69, 9.17) is 9.47 Å². The molecule has 0 bridgehead atoms. The van der Waals surface area contributed by atoms with Crippen molar-refractivity contribution in [3.63, 3.8) is 0 Å². The van der Waals surface area contributed by atoms with E-state index in [1.165, 1.54) is 60.7 Å². The van der Waals surface area contributed by atoms with Gasteiger partial charge in [-0.15, -0.1) is 0 Å². The number of non-ortho nitro benzene ring substituents is 2. The number of nitro groups is 2. The third kappa shape index (κ3) is 8.03. The largest absolute Gasteiger partial charge is 0.458 e. The van der Waals surface area contributed by atoms with Crippen LogP contribution in [0.25, 0.3) is 12.2 Å². The quantitative estimate of drug-likeness (QED) is 0.168. The second kappa shape index (κ2) is 12.4. The Balaban J connectivity index is 1.44. The van der Waals surface area contributed by atoms with Crippen molar-refractivity contribution in [3.8, 4) is 0 Å². The normalized spacial score (nSPS) is 10.9. The topological polar surface area (TPSA) is 139 Å². The van der Waals surface area contributed by atoms with Gasteiger partial charge in [-0.3, -0.25) is 20.2 Å². The van der Waals surface area contributed by atoms with Gasteiger partial charge in [0.1, 0.15) is 13.2 Å². The summed E-state index contributed by atoms with van der Waals surface area (Å²) in [5.41, 5.74) is 2.28. The summed E-state index contributed by atoms with van der Waals surface area (Å²) in [5.74, 6) is -1.20. The van der Waals surface area contributed by atoms with Gasteiger partial charge in [-0.2, -0.15) is 0 Å². The lowest BCUT2D eigenvalue weighted by molar-refractivity contribution is -0.385. The molecule has 3 rings (SSSR count). The van der Waals surface area contributed by atoms with E-state index in [1.54, 1.807) is 36.4 Å². The Morgan fingerprint density at radius 1 is 0.667 bits per heavy atom. The maximum Gasteiger partial charge on any atom is 0.331 e. The molecule has 0 heterocycles. The summed E-state index contributed by atoms with van der Waals surface area (Å²) in [6, 6.07) is 18.6. The molecule has 10 nitrogen and oxygen atoms in total. The SMILES string of the molecule is O=C(/C=C/c1cccc([N+](=O)[O-])c1)OCc1ccc(COC(=O)/C=C/c2cccc([N+](=O)[O-])c2)cc1. The molecule has 0 unspecified atom stereocenters. The van der Waals surface area contributed by atoms with Crippen LogP contribution in [-0.2, 0) is 32.3 Å². The number of hydrogen-bond donors (Lipinski definition) is 0. The van der Waals surface area contributed by atoms with Crippen LogP contribution in [0.15, 0.2) is 84.9 Å². The van der Waals surface area contributed by atoms with Gasteiger partial charge >= 0.3 is 11.9 Å². The minimum atomic E-state index is -0.602. The van der Waals surface area contributed by atoms with Crippen LogP contribution in [0.1, 0.15) is 22.3 Å². The fourth-order valence-electron chi connectivity index (χ4n) is 2.95. The van der Waals surface area contributed by atoms with E-state index in [1.807, 2.05) is 0 Å². The average Bonchev–Trinajstić information content (AvgIpc) is 2.89. The zero-order valence-corrected chi connectivity index (χ0v) is 18.8. The van der Waals surface area contributed by atoms with E-state index >= 15 is 0 Å². The summed E-state index contributed by atoms with van der Waals surface area (Å²) in [5, 5.41) is 21.6. The molecule has 0 aromatic heterocycles. The first-order chi connectivity index (χ1) is 17.3. The second-order valence-electron chi connectivity index (χ2n) is 7.40. The molecule has 0 atom stereocenters. The summed E-state index contributed by atoms with van der Waals surface area (Å²) < 4.78 is 10.3. The lowest BCUT2D eigenvalue weighted by atomic mass is 10.1. The Kier molecular flexibility index (Phi) is 8.76. The maximum atomic E-state index is 11.9. The minimum Gasteiger partial charge on any atom is -0.458 e. The van der Waals surface area contributed by atoms with Crippen LogP contribution in [0.2, 0.25) is 0 Å². The predicted octanol–water partition coefficient (Wildman–Crippen LogP) is 5.02. The molecule has 0 N–H and O–H groups in total. The third-order valence-electron chi connectivity index (χ3n) is 4.77. The van der Waals surface area contributed by atoms with Gasteiger partial charge < -0.3 is 9.47 Å². The fraction of sp³-hybridized carbons (Fsp3) is 0.0769. The first kappa shape index (κ1) is 25.5. The van der Waals surface area contributed by atoms with Gasteiger partial charge in [0, 0.05) is 36.4 Å². The molecule has 36 heavy (non-hydrogen) atoms. The van der Waals surface area contributed by atoms with E-state index in [-0.39, 0.29) is 24.6 Å². The van der Waals surface area contributed by atoms with Gasteiger partial charge in [0.05, 0.1) is 9.85 Å². The van der Waals surface area contributed by atoms with Crippen LogP contribution in [0.4, 0.5) is 11.4 Å². The molecule has 3 aromatic carbocycles. The number of benzene rings is 3. The Bertz CT molecular complexity index is 1230. The average molecular weight is 488 g/mol. The van der Waals surface area contributed by atoms with Crippen LogP contribution < -0.4 is 0 Å². The molecule has 3 aromatic rings. The van der Waals surface area contributed by atoms with E-state index in [9.17, 15) is 29.8 Å². The van der Waals surface area contributed by atoms with Gasteiger partial charge in [-0.05, 0) is 34.4 Å². The number of carbonyl (C=O) groups excluding carboxylic acids is 2. The Hall–Kier alpha value is -5.12. The van der Waals surface area contributed by atoms with E-state index < -0.39 is 21.8 Å². The smallest absolute Gasteiger partial charge is 0.331 e. The number of rotatable bonds is 10. The highest BCUT2D eigenvalue weighted by atomic mass is 16.6. The monoisotopic (exact) mass is 488 g/mol. The Morgan fingerprint density at radius 2 is 1.06 bits per heavy atom. The molecule has 0 saturated heterocycles. The number of esters is 2. The highest BCUT2D eigenvalue weighted by Gasteiger charge is 2.06. The molecule has 10 heteroatoms. The first-order valence-corrected chi connectivity index (χ1v) is 10.6. The second-order valence-corrected chi connectivity index (χ2v) is 7.40. The van der Waals surface area contributed by atoms with E-state index in [0.717, 1.165) is 0 Å². The predicted molar refractivity (Wildman–Crippen MR) is 130 cm³/mol. The summed E-state index contributed by atoms with van der Waals surface area (Å²) in [7, 11) is 0. The Morgan fingerprint density at radius 3 is 1.42 bits per heavy atom. The highest BCUT2D eigenvalue weighted by molar-refractivity contribution is 5.87. The lowest BCUT2D eigenvalue weighted by Crippen LogP contribution is -2.02. The molecule has 182 valence electrons. The third-order valence-corrected chi connectivity index (χ3v) is 4.77. The molecule has 0 fully saturated rings. The van der Waals surface area contributed by atoms with Crippen LogP contribution in [0.3, 0.4) is 0 Å². The standard InChI is InChI=1S/C26H20N2O8/c29-25(13-11-19-3-1-5-23(15-19)27(31)32)35-17-21-7-9-22(10-8-21)18-36-26(30)14-12-20-4-2-6-24(16-20)28(33)34/h1-16H,17-18H2/b13-11+,14-12+. The lowest BCUT2D eigenvalue weighted by Gasteiger charge is -2.05. The molecule has 0 saturated carbocycles. The van der Waals surface area contributed by atoms with Crippen molar-refractivity contribution in [2.45, 2.75) is 13.2 Å². The molecular formula is C26H20N2O8. The van der Waals surface area contributed by atoms with Gasteiger partial charge in [0.25, 0.3) is 11.4 Å². The molecule has 0 aliphatic rings. The zero-order valence-electron chi connectivity index (χ0n) is 18.8. The summed E-state index contributed by atoms with van der Waals surface area (Å²) >= 11 is 0. The molecule has 0 aliphatic carbocycles. The van der Waals surface area contributed by atoms with Gasteiger partial charge in [0.15, 0.2) is 0 Å². The highest BCUT2D eigenvalue weighted by Crippen LogP contribution is 2.15. The van der Waals surface area contributed by atoms with Crippen LogP contribution in [0, 0.1) is 20.2 Å². The van der Waals surface area contributed by atoms with Crippen molar-refractivity contribution in [1.82, 2.24) is 0 Å². The summed E-state index contributed by atoms with van der Waals surface area (Å²) in [6.45, 7) is 0.0360. The molecule has 0 spiro atoms. The van der Waals surface area contributed by atoms with Gasteiger partial charge in [-0.25, -0.2) is 9.59 Å². The van der Waals surface area contributed by atoms with Crippen LogP contribution in [0.5, 0.6) is 0 Å². The number of hydrogen-bond acceptors (Lipinski definition) is 8. The van der Waals surface area contributed by atoms with Crippen molar-refractivity contribution in [1.29, 1.82) is 0 Å². The number of nitrogens with zero attached hydrogens (tertiary/aromatic N) is 2. The Labute approximate surface area is 205 Å². The van der Waals surface area contributed by atoms with Crippen molar-refractivity contribution < 1.29 is 28.9 Å². The number of carbonyl (C=O) groups is 2. The number of nitro benzene ring substituents is 2. The van der Waals surface area contributed by atoms with Crippen molar-refractivity contribution >= 4 is 35.5 Å². The minimum absolute atomic E-state index is 0.0180. The van der Waals surface area contributed by atoms with Crippen molar-refractivity contribution in [2.24, 2.45) is 0 Å². The molecule has 0 aliphatic heterocycles. The van der Waals surface area contributed by atoms with Crippen molar-refractivity contribution in [3.05, 3.63) is 127 Å². The van der Waals surface area contributed by atoms with Crippen molar-refractivity contribution in [2.75, 3.05) is 0 Å². The van der Waals surface area contributed by atoms with Gasteiger partial charge in [0.2, 0.25) is 0 Å². The zero-order chi connectivity index (χ0) is 25.9.